The third kappa shape index (κ3) is 1.86. The number of allylic oxidation sites excluding steroid dienone is 10. The van der Waals surface area contributed by atoms with Crippen LogP contribution in [-0.4, -0.2) is 22.7 Å². The van der Waals surface area contributed by atoms with Crippen LogP contribution in [0.1, 0.15) is 12.8 Å². The van der Waals surface area contributed by atoms with E-state index in [-0.39, 0.29) is 0 Å². The van der Waals surface area contributed by atoms with Gasteiger partial charge in [0.15, 0.2) is 0 Å². The molecule has 4 rings (SSSR count). The van der Waals surface area contributed by atoms with E-state index in [1.54, 1.807) is 10.2 Å². The molecule has 0 saturated heterocycles. The lowest BCUT2D eigenvalue weighted by molar-refractivity contribution is 0.0814. The lowest BCUT2D eigenvalue weighted by Gasteiger charge is -2.31. The lowest BCUT2D eigenvalue weighted by atomic mass is 9.99. The van der Waals surface area contributed by atoms with Crippen LogP contribution in [-0.2, 0) is 0 Å². The minimum absolute atomic E-state index is 0.941. The predicted octanol–water partition coefficient (Wildman–Crippen LogP) is 3.04. The fraction of sp³-hybridized carbons (Fsp3) is 0.125. The van der Waals surface area contributed by atoms with Gasteiger partial charge < -0.3 is 0 Å². The fourth-order valence-electron chi connectivity index (χ4n) is 2.50. The van der Waals surface area contributed by atoms with Gasteiger partial charge in [0.25, 0.3) is 0 Å². The standard InChI is InChI=1S/C16H14N4/c1-3-7-15-11-19(17-9-13(15)5-1)20-12-16-8-4-2-6-14(16)10-18-20/h1-6,9-12H,7-8H2. The highest BCUT2D eigenvalue weighted by molar-refractivity contribution is 5.87. The van der Waals surface area contributed by atoms with Crippen LogP contribution in [0.2, 0.25) is 0 Å². The van der Waals surface area contributed by atoms with Crippen molar-refractivity contribution in [3.05, 3.63) is 71.1 Å². The summed E-state index contributed by atoms with van der Waals surface area (Å²) in [7, 11) is 0. The molecule has 0 fully saturated rings. The third-order valence-electron chi connectivity index (χ3n) is 3.62. The maximum Gasteiger partial charge on any atom is 0.0571 e. The first kappa shape index (κ1) is 11.2. The summed E-state index contributed by atoms with van der Waals surface area (Å²) in [6.45, 7) is 0. The first-order valence-corrected chi connectivity index (χ1v) is 6.72. The molecule has 0 aromatic rings. The molecule has 98 valence electrons. The highest BCUT2D eigenvalue weighted by Gasteiger charge is 2.19. The van der Waals surface area contributed by atoms with Crippen molar-refractivity contribution >= 4 is 12.4 Å². The molecule has 4 nitrogen and oxygen atoms in total. The van der Waals surface area contributed by atoms with Crippen LogP contribution in [0.25, 0.3) is 0 Å². The summed E-state index contributed by atoms with van der Waals surface area (Å²) in [6.07, 6.45) is 22.3. The molecule has 4 heteroatoms. The summed E-state index contributed by atoms with van der Waals surface area (Å²) in [6, 6.07) is 0. The van der Waals surface area contributed by atoms with Crippen LogP contribution in [0, 0.1) is 0 Å². The van der Waals surface area contributed by atoms with Gasteiger partial charge in [-0.05, 0) is 35.1 Å². The lowest BCUT2D eigenvalue weighted by Crippen LogP contribution is -2.31. The molecular weight excluding hydrogens is 248 g/mol. The Bertz CT molecular complexity index is 623. The molecule has 0 unspecified atom stereocenters. The highest BCUT2D eigenvalue weighted by Crippen LogP contribution is 2.27. The Morgan fingerprint density at radius 1 is 0.750 bits per heavy atom. The second-order valence-electron chi connectivity index (χ2n) is 4.95. The maximum atomic E-state index is 4.43. The number of nitrogens with zero attached hydrogens (tertiary/aromatic N) is 4. The van der Waals surface area contributed by atoms with E-state index in [1.807, 2.05) is 24.8 Å². The Balaban J connectivity index is 1.61. The first-order chi connectivity index (χ1) is 9.90. The Kier molecular flexibility index (Phi) is 2.52. The monoisotopic (exact) mass is 262 g/mol. The largest absolute Gasteiger partial charge is 0.159 e. The number of hydrogen-bond donors (Lipinski definition) is 0. The summed E-state index contributed by atoms with van der Waals surface area (Å²) >= 11 is 0. The average molecular weight is 262 g/mol. The van der Waals surface area contributed by atoms with Crippen LogP contribution in [0.4, 0.5) is 0 Å². The normalized spacial score (nSPS) is 22.8. The van der Waals surface area contributed by atoms with Gasteiger partial charge in [0.1, 0.15) is 0 Å². The molecule has 0 atom stereocenters. The molecule has 0 aromatic heterocycles. The maximum absolute atomic E-state index is 4.43. The van der Waals surface area contributed by atoms with E-state index in [1.165, 1.54) is 22.3 Å². The Labute approximate surface area is 117 Å². The van der Waals surface area contributed by atoms with E-state index in [0.29, 0.717) is 0 Å². The molecule has 4 aliphatic rings. The van der Waals surface area contributed by atoms with E-state index >= 15 is 0 Å². The SMILES string of the molecule is C1=CCC2=CN(N3C=C4CC=CC=C4C=N3)N=CC2=C1. The van der Waals surface area contributed by atoms with E-state index in [2.05, 4.69) is 46.7 Å². The Hall–Kier alpha value is -2.62. The van der Waals surface area contributed by atoms with E-state index in [9.17, 15) is 0 Å². The van der Waals surface area contributed by atoms with Crippen LogP contribution >= 0.6 is 0 Å². The summed E-state index contributed by atoms with van der Waals surface area (Å²) in [4.78, 5) is 0. The van der Waals surface area contributed by atoms with E-state index < -0.39 is 0 Å². The topological polar surface area (TPSA) is 31.2 Å². The summed E-state index contributed by atoms with van der Waals surface area (Å²) in [5.41, 5.74) is 4.89. The van der Waals surface area contributed by atoms with Gasteiger partial charge >= 0.3 is 0 Å². The van der Waals surface area contributed by atoms with E-state index in [0.717, 1.165) is 12.8 Å². The van der Waals surface area contributed by atoms with Crippen molar-refractivity contribution in [2.75, 3.05) is 0 Å². The molecule has 0 saturated carbocycles. The average Bonchev–Trinajstić information content (AvgIpc) is 2.54. The van der Waals surface area contributed by atoms with Crippen LogP contribution in [0.3, 0.4) is 0 Å². The van der Waals surface area contributed by atoms with Crippen LogP contribution in [0.15, 0.2) is 81.4 Å². The van der Waals surface area contributed by atoms with Gasteiger partial charge in [-0.25, -0.2) is 0 Å². The number of hydrazone groups is 2. The van der Waals surface area contributed by atoms with Crippen molar-refractivity contribution in [3.63, 3.8) is 0 Å². The minimum atomic E-state index is 0.941. The number of fused-ring (bicyclic) bond motifs is 2. The minimum Gasteiger partial charge on any atom is -0.159 e. The van der Waals surface area contributed by atoms with Gasteiger partial charge in [-0.1, -0.05) is 36.5 Å². The van der Waals surface area contributed by atoms with Gasteiger partial charge in [0.2, 0.25) is 0 Å². The fourth-order valence-corrected chi connectivity index (χ4v) is 2.50. The third-order valence-corrected chi connectivity index (χ3v) is 3.62. The molecule has 2 aliphatic heterocycles. The van der Waals surface area contributed by atoms with Crippen molar-refractivity contribution in [2.24, 2.45) is 10.2 Å². The van der Waals surface area contributed by atoms with Crippen LogP contribution < -0.4 is 0 Å². The number of hydrogen-bond acceptors (Lipinski definition) is 4. The molecule has 0 amide bonds. The Morgan fingerprint density at radius 3 is 1.75 bits per heavy atom. The zero-order valence-corrected chi connectivity index (χ0v) is 11.0. The molecule has 0 radical (unpaired) electrons. The number of hydrazine groups is 1. The van der Waals surface area contributed by atoms with Crippen LogP contribution in [0.5, 0.6) is 0 Å². The molecule has 20 heavy (non-hydrogen) atoms. The summed E-state index contributed by atoms with van der Waals surface area (Å²) in [5, 5.41) is 12.4. The van der Waals surface area contributed by atoms with Gasteiger partial charge in [0, 0.05) is 0 Å². The van der Waals surface area contributed by atoms with Crippen molar-refractivity contribution in [1.29, 1.82) is 0 Å². The smallest absolute Gasteiger partial charge is 0.0571 e. The second-order valence-corrected chi connectivity index (χ2v) is 4.95. The summed E-state index contributed by atoms with van der Waals surface area (Å²) < 4.78 is 0. The Morgan fingerprint density at radius 2 is 1.25 bits per heavy atom. The molecular formula is C16H14N4. The molecule has 0 aromatic carbocycles. The zero-order valence-electron chi connectivity index (χ0n) is 11.0. The number of rotatable bonds is 1. The molecule has 2 heterocycles. The van der Waals surface area contributed by atoms with Gasteiger partial charge in [-0.15, -0.1) is 0 Å². The zero-order chi connectivity index (χ0) is 13.4. The molecule has 0 bridgehead atoms. The molecule has 0 N–H and O–H groups in total. The molecule has 0 spiro atoms. The van der Waals surface area contributed by atoms with Gasteiger partial charge in [-0.3, -0.25) is 0 Å². The first-order valence-electron chi connectivity index (χ1n) is 6.72. The molecule has 2 aliphatic carbocycles. The van der Waals surface area contributed by atoms with Gasteiger partial charge in [-0.2, -0.15) is 20.4 Å². The highest BCUT2D eigenvalue weighted by atomic mass is 15.9. The summed E-state index contributed by atoms with van der Waals surface area (Å²) in [5.74, 6) is 0. The quantitative estimate of drug-likeness (QED) is 0.727. The second kappa shape index (κ2) is 4.49. The van der Waals surface area contributed by atoms with Gasteiger partial charge in [0.05, 0.1) is 24.8 Å². The van der Waals surface area contributed by atoms with Crippen molar-refractivity contribution < 1.29 is 0 Å². The van der Waals surface area contributed by atoms with E-state index in [4.69, 9.17) is 0 Å². The van der Waals surface area contributed by atoms with Crippen molar-refractivity contribution in [3.8, 4) is 0 Å². The van der Waals surface area contributed by atoms with Crippen molar-refractivity contribution in [2.45, 2.75) is 12.8 Å². The predicted molar refractivity (Wildman–Crippen MR) is 80.5 cm³/mol. The van der Waals surface area contributed by atoms with Crippen molar-refractivity contribution in [1.82, 2.24) is 10.2 Å².